The smallest absolute Gasteiger partial charge is 0.309 e. The van der Waals surface area contributed by atoms with Crippen LogP contribution in [0.25, 0.3) is 11.1 Å². The molecule has 0 aliphatic carbocycles. The lowest BCUT2D eigenvalue weighted by atomic mass is 10.1. The largest absolute Gasteiger partial charge is 0.481 e. The monoisotopic (exact) mass is 276 g/mol. The van der Waals surface area contributed by atoms with Crippen LogP contribution in [0.5, 0.6) is 0 Å². The highest BCUT2D eigenvalue weighted by Gasteiger charge is 2.19. The minimum Gasteiger partial charge on any atom is -0.481 e. The Balaban J connectivity index is 2.53. The van der Waals surface area contributed by atoms with E-state index in [0.29, 0.717) is 0 Å². The molecule has 0 unspecified atom stereocenters. The van der Waals surface area contributed by atoms with Gasteiger partial charge in [-0.2, -0.15) is 0 Å². The molecule has 1 N–H and O–H groups in total. The first-order valence-corrected chi connectivity index (χ1v) is 5.59. The fourth-order valence-electron chi connectivity index (χ4n) is 1.76. The number of hydrogen-bond donors (Lipinski definition) is 1. The van der Waals surface area contributed by atoms with Gasteiger partial charge >= 0.3 is 5.97 Å². The third-order valence-electron chi connectivity index (χ3n) is 2.65. The van der Waals surface area contributed by atoms with Gasteiger partial charge in [-0.15, -0.1) is 0 Å². The quantitative estimate of drug-likeness (QED) is 0.683. The molecule has 0 aliphatic rings. The van der Waals surface area contributed by atoms with Crippen LogP contribution in [0.3, 0.4) is 0 Å². The molecule has 7 heteroatoms. The van der Waals surface area contributed by atoms with Crippen LogP contribution in [0.15, 0.2) is 36.5 Å². The van der Waals surface area contributed by atoms with Crippen molar-refractivity contribution < 1.29 is 19.2 Å². The first-order valence-electron chi connectivity index (χ1n) is 5.59. The highest BCUT2D eigenvalue weighted by atomic mass is 19.1. The van der Waals surface area contributed by atoms with E-state index in [1.807, 2.05) is 0 Å². The van der Waals surface area contributed by atoms with Crippen LogP contribution >= 0.6 is 0 Å². The number of rotatable bonds is 4. The van der Waals surface area contributed by atoms with Gasteiger partial charge in [0.1, 0.15) is 11.5 Å². The summed E-state index contributed by atoms with van der Waals surface area (Å²) in [6.07, 6.45) is 0.664. The molecule has 0 bridgehead atoms. The molecular weight excluding hydrogens is 267 g/mol. The number of hydrogen-bond acceptors (Lipinski definition) is 4. The van der Waals surface area contributed by atoms with E-state index in [9.17, 15) is 19.3 Å². The number of pyridine rings is 1. The van der Waals surface area contributed by atoms with Crippen LogP contribution in [-0.4, -0.2) is 21.0 Å². The van der Waals surface area contributed by atoms with E-state index in [0.717, 1.165) is 6.07 Å². The highest BCUT2D eigenvalue weighted by Crippen LogP contribution is 2.27. The molecule has 1 heterocycles. The molecule has 1 aromatic carbocycles. The van der Waals surface area contributed by atoms with Crippen LogP contribution in [0.4, 0.5) is 10.1 Å². The van der Waals surface area contributed by atoms with Crippen LogP contribution in [0.2, 0.25) is 0 Å². The van der Waals surface area contributed by atoms with E-state index in [4.69, 9.17) is 5.11 Å². The lowest BCUT2D eigenvalue weighted by molar-refractivity contribution is -0.385. The Labute approximate surface area is 112 Å². The average molecular weight is 276 g/mol. The Kier molecular flexibility index (Phi) is 3.69. The molecule has 102 valence electrons. The van der Waals surface area contributed by atoms with E-state index < -0.39 is 28.8 Å². The zero-order chi connectivity index (χ0) is 14.7. The third-order valence-corrected chi connectivity index (χ3v) is 2.65. The highest BCUT2D eigenvalue weighted by molar-refractivity contribution is 5.73. The lowest BCUT2D eigenvalue weighted by Gasteiger charge is -2.05. The Morgan fingerprint density at radius 1 is 1.40 bits per heavy atom. The maximum atomic E-state index is 13.6. The van der Waals surface area contributed by atoms with Crippen LogP contribution in [0, 0.1) is 15.9 Å². The minimum absolute atomic E-state index is 0.164. The fraction of sp³-hybridized carbons (Fsp3) is 0.0769. The summed E-state index contributed by atoms with van der Waals surface area (Å²) < 4.78 is 13.6. The first kappa shape index (κ1) is 13.6. The predicted octanol–water partition coefficient (Wildman–Crippen LogP) is 2.42. The summed E-state index contributed by atoms with van der Waals surface area (Å²) >= 11 is 0. The molecule has 0 saturated heterocycles. The summed E-state index contributed by atoms with van der Waals surface area (Å²) in [7, 11) is 0. The lowest BCUT2D eigenvalue weighted by Crippen LogP contribution is -2.06. The van der Waals surface area contributed by atoms with Gasteiger partial charge in [-0.05, 0) is 6.07 Å². The van der Waals surface area contributed by atoms with Crippen molar-refractivity contribution in [3.8, 4) is 11.1 Å². The number of nitro groups is 1. The molecule has 0 spiro atoms. The summed E-state index contributed by atoms with van der Waals surface area (Å²) in [6, 6.07) is 6.91. The van der Waals surface area contributed by atoms with Gasteiger partial charge in [0.15, 0.2) is 0 Å². The second kappa shape index (κ2) is 5.43. The summed E-state index contributed by atoms with van der Waals surface area (Å²) in [5.41, 5.74) is -0.204. The van der Waals surface area contributed by atoms with Crippen molar-refractivity contribution >= 4 is 11.7 Å². The molecule has 6 nitrogen and oxygen atoms in total. The van der Waals surface area contributed by atoms with Crippen LogP contribution in [-0.2, 0) is 11.2 Å². The Hall–Kier alpha value is -2.83. The average Bonchev–Trinajstić information content (AvgIpc) is 2.39. The van der Waals surface area contributed by atoms with Crippen molar-refractivity contribution in [1.29, 1.82) is 0 Å². The molecular formula is C13H9FN2O4. The Bertz CT molecular complexity index is 688. The molecule has 0 amide bonds. The standard InChI is InChI=1S/C13H9FN2O4/c14-10-4-2-1-3-9(10)8-5-12(16(19)20)11(15-7-8)6-13(17)18/h1-5,7H,6H2,(H,17,18). The van der Waals surface area contributed by atoms with Gasteiger partial charge < -0.3 is 5.11 Å². The van der Waals surface area contributed by atoms with Crippen molar-refractivity contribution in [2.45, 2.75) is 6.42 Å². The molecule has 0 saturated carbocycles. The topological polar surface area (TPSA) is 93.3 Å². The molecule has 0 aliphatic heterocycles. The maximum absolute atomic E-state index is 13.6. The molecule has 2 aromatic rings. The SMILES string of the molecule is O=C(O)Cc1ncc(-c2ccccc2F)cc1[N+](=O)[O-]. The van der Waals surface area contributed by atoms with Gasteiger partial charge in [0.25, 0.3) is 5.69 Å². The summed E-state index contributed by atoms with van der Waals surface area (Å²) in [6.45, 7) is 0. The van der Waals surface area contributed by atoms with Crippen LogP contribution in [0.1, 0.15) is 5.69 Å². The van der Waals surface area contributed by atoms with Gasteiger partial charge in [0.05, 0.1) is 11.3 Å². The number of carboxylic acids is 1. The van der Waals surface area contributed by atoms with Crippen molar-refractivity contribution in [2.75, 3.05) is 0 Å². The number of aromatic nitrogens is 1. The van der Waals surface area contributed by atoms with Crippen molar-refractivity contribution in [2.24, 2.45) is 0 Å². The van der Waals surface area contributed by atoms with Gasteiger partial charge in [0, 0.05) is 23.4 Å². The summed E-state index contributed by atoms with van der Waals surface area (Å²) in [4.78, 5) is 24.6. The van der Waals surface area contributed by atoms with E-state index in [-0.39, 0.29) is 16.8 Å². The van der Waals surface area contributed by atoms with E-state index in [1.54, 1.807) is 6.07 Å². The number of carbonyl (C=O) groups is 1. The maximum Gasteiger partial charge on any atom is 0.309 e. The Morgan fingerprint density at radius 3 is 2.70 bits per heavy atom. The number of nitrogens with zero attached hydrogens (tertiary/aromatic N) is 2. The zero-order valence-corrected chi connectivity index (χ0v) is 10.1. The number of benzene rings is 1. The van der Waals surface area contributed by atoms with Crippen molar-refractivity contribution in [1.82, 2.24) is 4.98 Å². The van der Waals surface area contributed by atoms with Gasteiger partial charge in [-0.3, -0.25) is 19.9 Å². The predicted molar refractivity (Wildman–Crippen MR) is 67.6 cm³/mol. The number of aliphatic carboxylic acids is 1. The molecule has 2 rings (SSSR count). The van der Waals surface area contributed by atoms with Gasteiger partial charge in [-0.1, -0.05) is 18.2 Å². The summed E-state index contributed by atoms with van der Waals surface area (Å²) in [5.74, 6) is -1.76. The minimum atomic E-state index is -1.22. The van der Waals surface area contributed by atoms with Crippen LogP contribution < -0.4 is 0 Å². The fourth-order valence-corrected chi connectivity index (χ4v) is 1.76. The molecule has 0 fully saturated rings. The Morgan fingerprint density at radius 2 is 2.10 bits per heavy atom. The van der Waals surface area contributed by atoms with Crippen molar-refractivity contribution in [3.63, 3.8) is 0 Å². The second-order valence-electron chi connectivity index (χ2n) is 4.00. The molecule has 0 atom stereocenters. The molecule has 20 heavy (non-hydrogen) atoms. The number of halogens is 1. The van der Waals surface area contributed by atoms with Gasteiger partial charge in [0.2, 0.25) is 0 Å². The van der Waals surface area contributed by atoms with E-state index in [2.05, 4.69) is 4.98 Å². The van der Waals surface area contributed by atoms with Gasteiger partial charge in [-0.25, -0.2) is 4.39 Å². The molecule has 1 aromatic heterocycles. The first-order chi connectivity index (χ1) is 9.49. The van der Waals surface area contributed by atoms with E-state index in [1.165, 1.54) is 24.4 Å². The third kappa shape index (κ3) is 2.77. The summed E-state index contributed by atoms with van der Waals surface area (Å²) in [5, 5.41) is 19.6. The van der Waals surface area contributed by atoms with E-state index >= 15 is 0 Å². The second-order valence-corrected chi connectivity index (χ2v) is 4.00. The zero-order valence-electron chi connectivity index (χ0n) is 10.1. The van der Waals surface area contributed by atoms with Crippen molar-refractivity contribution in [3.05, 3.63) is 58.2 Å². The normalized spacial score (nSPS) is 10.2. The number of carboxylic acid groups (broad SMARTS) is 1. The molecule has 0 radical (unpaired) electrons.